The number of nitrogens with one attached hydrogen (secondary N) is 1. The van der Waals surface area contributed by atoms with Gasteiger partial charge in [-0.2, -0.15) is 0 Å². The normalized spacial score (nSPS) is 14.1. The average molecular weight is 427 g/mol. The van der Waals surface area contributed by atoms with Crippen molar-refractivity contribution >= 4 is 17.5 Å². The van der Waals surface area contributed by atoms with Gasteiger partial charge in [-0.25, -0.2) is 0 Å². The molecule has 1 aliphatic rings. The van der Waals surface area contributed by atoms with E-state index in [2.05, 4.69) is 5.32 Å². The quantitative estimate of drug-likeness (QED) is 0.537. The Kier molecular flexibility index (Phi) is 7.07. The second-order valence-electron chi connectivity index (χ2n) is 7.28. The number of rotatable bonds is 7. The lowest BCUT2D eigenvalue weighted by molar-refractivity contribution is -0.384. The van der Waals surface area contributed by atoms with Gasteiger partial charge in [0, 0.05) is 43.2 Å². The van der Waals surface area contributed by atoms with Gasteiger partial charge in [-0.1, -0.05) is 6.07 Å². The fourth-order valence-electron chi connectivity index (χ4n) is 3.58. The molecule has 164 valence electrons. The second-order valence-corrected chi connectivity index (χ2v) is 7.28. The topological polar surface area (TPSA) is 111 Å². The van der Waals surface area contributed by atoms with E-state index in [-0.39, 0.29) is 23.4 Å². The monoisotopic (exact) mass is 427 g/mol. The molecule has 0 aromatic heterocycles. The molecule has 2 amide bonds. The summed E-state index contributed by atoms with van der Waals surface area (Å²) in [6.45, 7) is 1.30. The van der Waals surface area contributed by atoms with Gasteiger partial charge in [0.1, 0.15) is 0 Å². The van der Waals surface area contributed by atoms with Crippen molar-refractivity contribution in [1.82, 2.24) is 10.2 Å². The molecule has 3 rings (SSSR count). The molecule has 0 aliphatic carbocycles. The molecule has 9 heteroatoms. The Hall–Kier alpha value is -3.62. The molecule has 0 saturated carbocycles. The van der Waals surface area contributed by atoms with Crippen molar-refractivity contribution in [2.75, 3.05) is 27.3 Å². The number of methoxy groups -OCH3 is 2. The van der Waals surface area contributed by atoms with Crippen LogP contribution in [0.25, 0.3) is 0 Å². The van der Waals surface area contributed by atoms with E-state index in [0.717, 1.165) is 5.56 Å². The highest BCUT2D eigenvalue weighted by atomic mass is 16.6. The number of ether oxygens (including phenoxy) is 2. The fourth-order valence-corrected chi connectivity index (χ4v) is 3.58. The van der Waals surface area contributed by atoms with Gasteiger partial charge in [0.2, 0.25) is 5.91 Å². The Morgan fingerprint density at radius 3 is 2.29 bits per heavy atom. The lowest BCUT2D eigenvalue weighted by Gasteiger charge is -2.31. The third kappa shape index (κ3) is 5.30. The Morgan fingerprint density at radius 1 is 1.06 bits per heavy atom. The number of nitrogens with zero attached hydrogens (tertiary/aromatic N) is 2. The molecular formula is C22H25N3O6. The molecule has 2 aromatic carbocycles. The Morgan fingerprint density at radius 2 is 1.71 bits per heavy atom. The third-order valence-corrected chi connectivity index (χ3v) is 5.39. The number of nitro groups is 1. The van der Waals surface area contributed by atoms with E-state index >= 15 is 0 Å². The van der Waals surface area contributed by atoms with Gasteiger partial charge < -0.3 is 19.7 Å². The maximum Gasteiger partial charge on any atom is 0.269 e. The molecule has 1 aliphatic heterocycles. The Labute approximate surface area is 180 Å². The number of likely N-dealkylation sites (tertiary alicyclic amines) is 1. The van der Waals surface area contributed by atoms with Gasteiger partial charge >= 0.3 is 0 Å². The number of nitro benzene ring substituents is 1. The van der Waals surface area contributed by atoms with Crippen molar-refractivity contribution in [2.24, 2.45) is 5.92 Å². The first-order valence-electron chi connectivity index (χ1n) is 9.95. The summed E-state index contributed by atoms with van der Waals surface area (Å²) in [6.07, 6.45) is 1.13. The van der Waals surface area contributed by atoms with Gasteiger partial charge in [0.15, 0.2) is 11.5 Å². The smallest absolute Gasteiger partial charge is 0.269 e. The molecule has 1 fully saturated rings. The van der Waals surface area contributed by atoms with Gasteiger partial charge in [-0.05, 0) is 42.7 Å². The number of amides is 2. The summed E-state index contributed by atoms with van der Waals surface area (Å²) in [5, 5.41) is 13.7. The lowest BCUT2D eigenvalue weighted by atomic mass is 9.95. The van der Waals surface area contributed by atoms with E-state index in [1.807, 2.05) is 12.1 Å². The maximum atomic E-state index is 12.6. The van der Waals surface area contributed by atoms with Crippen LogP contribution in [0.3, 0.4) is 0 Å². The first kappa shape index (κ1) is 22.1. The van der Waals surface area contributed by atoms with Gasteiger partial charge in [-0.15, -0.1) is 0 Å². The fraction of sp³-hybridized carbons (Fsp3) is 0.364. The molecule has 0 bridgehead atoms. The van der Waals surface area contributed by atoms with Crippen LogP contribution in [0.2, 0.25) is 0 Å². The maximum absolute atomic E-state index is 12.6. The number of carbonyl (C=O) groups excluding carboxylic acids is 2. The second kappa shape index (κ2) is 9.92. The van der Waals surface area contributed by atoms with Crippen molar-refractivity contribution in [2.45, 2.75) is 19.4 Å². The highest BCUT2D eigenvalue weighted by Crippen LogP contribution is 2.27. The molecule has 1 heterocycles. The van der Waals surface area contributed by atoms with Crippen LogP contribution < -0.4 is 14.8 Å². The van der Waals surface area contributed by atoms with E-state index in [4.69, 9.17) is 9.47 Å². The summed E-state index contributed by atoms with van der Waals surface area (Å²) in [4.78, 5) is 37.1. The predicted molar refractivity (Wildman–Crippen MR) is 113 cm³/mol. The van der Waals surface area contributed by atoms with E-state index in [9.17, 15) is 19.7 Å². The minimum Gasteiger partial charge on any atom is -0.493 e. The standard InChI is InChI=1S/C22H25N3O6/c1-30-19-8-3-15(13-20(19)31-2)14-23-21(26)16-9-11-24(12-10-16)22(27)17-4-6-18(7-5-17)25(28)29/h3-8,13,16H,9-12,14H2,1-2H3,(H,23,26). The zero-order valence-electron chi connectivity index (χ0n) is 17.5. The zero-order valence-corrected chi connectivity index (χ0v) is 17.5. The lowest BCUT2D eigenvalue weighted by Crippen LogP contribution is -2.42. The number of non-ortho nitro benzene ring substituents is 1. The average Bonchev–Trinajstić information content (AvgIpc) is 2.81. The Balaban J connectivity index is 1.50. The van der Waals surface area contributed by atoms with Crippen molar-refractivity contribution in [1.29, 1.82) is 0 Å². The first-order valence-corrected chi connectivity index (χ1v) is 9.95. The van der Waals surface area contributed by atoms with Crippen LogP contribution in [0, 0.1) is 16.0 Å². The van der Waals surface area contributed by atoms with Crippen molar-refractivity contribution in [3.8, 4) is 11.5 Å². The molecule has 31 heavy (non-hydrogen) atoms. The largest absolute Gasteiger partial charge is 0.493 e. The molecule has 0 atom stereocenters. The van der Waals surface area contributed by atoms with Crippen LogP contribution in [0.1, 0.15) is 28.8 Å². The molecule has 0 radical (unpaired) electrons. The summed E-state index contributed by atoms with van der Waals surface area (Å²) in [6, 6.07) is 11.0. The summed E-state index contributed by atoms with van der Waals surface area (Å²) in [7, 11) is 3.13. The number of carbonyl (C=O) groups is 2. The number of benzene rings is 2. The minimum atomic E-state index is -0.500. The summed E-state index contributed by atoms with van der Waals surface area (Å²) in [5.41, 5.74) is 1.25. The predicted octanol–water partition coefficient (Wildman–Crippen LogP) is 2.78. The van der Waals surface area contributed by atoms with E-state index in [1.165, 1.54) is 24.3 Å². The van der Waals surface area contributed by atoms with Crippen LogP contribution in [-0.4, -0.2) is 48.9 Å². The van der Waals surface area contributed by atoms with E-state index in [0.29, 0.717) is 49.5 Å². The molecule has 1 saturated heterocycles. The SMILES string of the molecule is COc1ccc(CNC(=O)C2CCN(C(=O)c3ccc([N+](=O)[O-])cc3)CC2)cc1OC. The van der Waals surface area contributed by atoms with Gasteiger partial charge in [0.05, 0.1) is 19.1 Å². The summed E-state index contributed by atoms with van der Waals surface area (Å²) in [5.74, 6) is 0.840. The van der Waals surface area contributed by atoms with Crippen molar-refractivity contribution in [3.63, 3.8) is 0 Å². The van der Waals surface area contributed by atoms with Crippen molar-refractivity contribution in [3.05, 3.63) is 63.7 Å². The number of hydrogen-bond acceptors (Lipinski definition) is 6. The van der Waals surface area contributed by atoms with Crippen LogP contribution in [0.4, 0.5) is 5.69 Å². The third-order valence-electron chi connectivity index (χ3n) is 5.39. The highest BCUT2D eigenvalue weighted by molar-refractivity contribution is 5.94. The molecule has 2 aromatic rings. The Bertz CT molecular complexity index is 952. The number of piperidine rings is 1. The molecule has 0 spiro atoms. The summed E-state index contributed by atoms with van der Waals surface area (Å²) >= 11 is 0. The minimum absolute atomic E-state index is 0.0442. The zero-order chi connectivity index (χ0) is 22.4. The summed E-state index contributed by atoms with van der Waals surface area (Å²) < 4.78 is 10.5. The van der Waals surface area contributed by atoms with Crippen LogP contribution in [0.15, 0.2) is 42.5 Å². The van der Waals surface area contributed by atoms with E-state index < -0.39 is 4.92 Å². The van der Waals surface area contributed by atoms with E-state index in [1.54, 1.807) is 25.2 Å². The van der Waals surface area contributed by atoms with Crippen molar-refractivity contribution < 1.29 is 24.0 Å². The highest BCUT2D eigenvalue weighted by Gasteiger charge is 2.28. The molecular weight excluding hydrogens is 402 g/mol. The van der Waals surface area contributed by atoms with Gasteiger partial charge in [-0.3, -0.25) is 19.7 Å². The molecule has 1 N–H and O–H groups in total. The van der Waals surface area contributed by atoms with Crippen LogP contribution in [-0.2, 0) is 11.3 Å². The number of hydrogen-bond donors (Lipinski definition) is 1. The van der Waals surface area contributed by atoms with Gasteiger partial charge in [0.25, 0.3) is 11.6 Å². The first-order chi connectivity index (χ1) is 14.9. The molecule has 9 nitrogen and oxygen atoms in total. The van der Waals surface area contributed by atoms with Crippen LogP contribution >= 0.6 is 0 Å². The molecule has 0 unspecified atom stereocenters. The van der Waals surface area contributed by atoms with Crippen LogP contribution in [0.5, 0.6) is 11.5 Å².